The minimum absolute atomic E-state index is 0.0141. The second-order valence-electron chi connectivity index (χ2n) is 5.97. The maximum Gasteiger partial charge on any atom is 0.274 e. The number of hydrogen-bond donors (Lipinski definition) is 1. The van der Waals surface area contributed by atoms with Crippen molar-refractivity contribution in [3.63, 3.8) is 0 Å². The minimum Gasteiger partial charge on any atom is -0.325 e. The van der Waals surface area contributed by atoms with Crippen molar-refractivity contribution in [3.8, 4) is 0 Å². The summed E-state index contributed by atoms with van der Waals surface area (Å²) in [6, 6.07) is 23.8. The first-order valence-corrected chi connectivity index (χ1v) is 9.25. The van der Waals surface area contributed by atoms with Crippen molar-refractivity contribution in [3.05, 3.63) is 100 Å². The summed E-state index contributed by atoms with van der Waals surface area (Å²) in [5, 5.41) is 13.5. The molecule has 0 radical (unpaired) electrons. The van der Waals surface area contributed by atoms with E-state index < -0.39 is 10.2 Å². The Balaban J connectivity index is 1.87. The fourth-order valence-electron chi connectivity index (χ4n) is 2.63. The van der Waals surface area contributed by atoms with Gasteiger partial charge in [0.05, 0.1) is 4.92 Å². The molecule has 27 heavy (non-hydrogen) atoms. The standard InChI is InChI=1S/C21H18N2O3S/c1-15-12-13-17(14-19(15)23(25)26)22-21(24)20(16-8-4-2-5-9-16)27-18-10-6-3-7-11-18/h2-14,20H,1H3,(H,22,24). The molecule has 3 aromatic rings. The molecular weight excluding hydrogens is 360 g/mol. The number of nitro groups is 1. The van der Waals surface area contributed by atoms with Gasteiger partial charge in [-0.1, -0.05) is 54.6 Å². The molecule has 0 spiro atoms. The first kappa shape index (κ1) is 18.7. The molecule has 6 heteroatoms. The van der Waals surface area contributed by atoms with Gasteiger partial charge in [0.1, 0.15) is 5.25 Å². The molecule has 1 unspecified atom stereocenters. The summed E-state index contributed by atoms with van der Waals surface area (Å²) >= 11 is 1.44. The molecule has 0 bridgehead atoms. The van der Waals surface area contributed by atoms with Crippen molar-refractivity contribution in [2.24, 2.45) is 0 Å². The molecule has 0 aliphatic rings. The fourth-order valence-corrected chi connectivity index (χ4v) is 3.67. The highest BCUT2D eigenvalue weighted by molar-refractivity contribution is 8.00. The molecule has 0 aromatic heterocycles. The van der Waals surface area contributed by atoms with E-state index in [0.29, 0.717) is 11.3 Å². The Labute approximate surface area is 161 Å². The molecule has 0 aliphatic heterocycles. The molecule has 1 atom stereocenters. The second-order valence-corrected chi connectivity index (χ2v) is 7.15. The summed E-state index contributed by atoms with van der Waals surface area (Å²) in [7, 11) is 0. The van der Waals surface area contributed by atoms with Crippen molar-refractivity contribution in [1.82, 2.24) is 0 Å². The Morgan fingerprint density at radius 2 is 1.63 bits per heavy atom. The highest BCUT2D eigenvalue weighted by Gasteiger charge is 2.23. The maximum atomic E-state index is 13.0. The number of nitro benzene ring substituents is 1. The first-order chi connectivity index (χ1) is 13.0. The van der Waals surface area contributed by atoms with Gasteiger partial charge in [0.2, 0.25) is 5.91 Å². The summed E-state index contributed by atoms with van der Waals surface area (Å²) < 4.78 is 0. The van der Waals surface area contributed by atoms with Gasteiger partial charge in [-0.2, -0.15) is 0 Å². The largest absolute Gasteiger partial charge is 0.325 e. The van der Waals surface area contributed by atoms with Gasteiger partial charge >= 0.3 is 0 Å². The third-order valence-corrected chi connectivity index (χ3v) is 5.28. The summed E-state index contributed by atoms with van der Waals surface area (Å²) in [6.45, 7) is 1.67. The normalized spacial score (nSPS) is 11.6. The topological polar surface area (TPSA) is 72.2 Å². The van der Waals surface area contributed by atoms with Crippen LogP contribution in [0.1, 0.15) is 16.4 Å². The van der Waals surface area contributed by atoms with E-state index in [1.807, 2.05) is 60.7 Å². The van der Waals surface area contributed by atoms with E-state index in [9.17, 15) is 14.9 Å². The van der Waals surface area contributed by atoms with Gasteiger partial charge in [-0.25, -0.2) is 0 Å². The van der Waals surface area contributed by atoms with Gasteiger partial charge in [-0.15, -0.1) is 11.8 Å². The molecule has 5 nitrogen and oxygen atoms in total. The SMILES string of the molecule is Cc1ccc(NC(=O)C(Sc2ccccc2)c2ccccc2)cc1[N+](=O)[O-]. The lowest BCUT2D eigenvalue weighted by Crippen LogP contribution is -2.19. The fraction of sp³-hybridized carbons (Fsp3) is 0.0952. The van der Waals surface area contributed by atoms with Crippen LogP contribution in [0.3, 0.4) is 0 Å². The van der Waals surface area contributed by atoms with E-state index in [2.05, 4.69) is 5.32 Å². The van der Waals surface area contributed by atoms with Crippen molar-refractivity contribution in [1.29, 1.82) is 0 Å². The predicted molar refractivity (Wildman–Crippen MR) is 108 cm³/mol. The Hall–Kier alpha value is -3.12. The minimum atomic E-state index is -0.478. The van der Waals surface area contributed by atoms with Crippen molar-refractivity contribution < 1.29 is 9.72 Å². The number of nitrogens with zero attached hydrogens (tertiary/aromatic N) is 1. The lowest BCUT2D eigenvalue weighted by molar-refractivity contribution is -0.385. The zero-order valence-electron chi connectivity index (χ0n) is 14.7. The van der Waals surface area contributed by atoms with E-state index in [-0.39, 0.29) is 11.6 Å². The van der Waals surface area contributed by atoms with Gasteiger partial charge in [0.25, 0.3) is 5.69 Å². The Bertz CT molecular complexity index is 946. The second kappa shape index (κ2) is 8.51. The number of thioether (sulfide) groups is 1. The van der Waals surface area contributed by atoms with Crippen LogP contribution >= 0.6 is 11.8 Å². The number of benzene rings is 3. The number of carbonyl (C=O) groups is 1. The average molecular weight is 378 g/mol. The first-order valence-electron chi connectivity index (χ1n) is 8.37. The van der Waals surface area contributed by atoms with Gasteiger partial charge in [0.15, 0.2) is 0 Å². The smallest absolute Gasteiger partial charge is 0.274 e. The van der Waals surface area contributed by atoms with Crippen molar-refractivity contribution >= 4 is 29.0 Å². The van der Waals surface area contributed by atoms with Crippen LogP contribution in [-0.2, 0) is 4.79 Å². The monoisotopic (exact) mass is 378 g/mol. The summed E-state index contributed by atoms with van der Waals surface area (Å²) in [6.07, 6.45) is 0. The van der Waals surface area contributed by atoms with Crippen LogP contribution in [0.25, 0.3) is 0 Å². The quantitative estimate of drug-likeness (QED) is 0.355. The van der Waals surface area contributed by atoms with Gasteiger partial charge in [0, 0.05) is 22.2 Å². The number of aryl methyl sites for hydroxylation is 1. The third kappa shape index (κ3) is 4.74. The summed E-state index contributed by atoms with van der Waals surface area (Å²) in [4.78, 5) is 24.6. The number of amides is 1. The molecule has 0 saturated carbocycles. The summed E-state index contributed by atoms with van der Waals surface area (Å²) in [5.74, 6) is -0.229. The van der Waals surface area contributed by atoms with E-state index in [1.54, 1.807) is 19.1 Å². The summed E-state index contributed by atoms with van der Waals surface area (Å²) in [5.41, 5.74) is 1.81. The van der Waals surface area contributed by atoms with Gasteiger partial charge < -0.3 is 5.32 Å². The average Bonchev–Trinajstić information content (AvgIpc) is 2.69. The highest BCUT2D eigenvalue weighted by Crippen LogP contribution is 2.36. The Morgan fingerprint density at radius 3 is 2.26 bits per heavy atom. The van der Waals surface area contributed by atoms with Crippen LogP contribution in [0.4, 0.5) is 11.4 Å². The molecule has 3 rings (SSSR count). The van der Waals surface area contributed by atoms with Crippen molar-refractivity contribution in [2.75, 3.05) is 5.32 Å². The molecule has 136 valence electrons. The molecular formula is C21H18N2O3S. The van der Waals surface area contributed by atoms with Crippen molar-refractivity contribution in [2.45, 2.75) is 17.1 Å². The van der Waals surface area contributed by atoms with Crippen LogP contribution in [0.5, 0.6) is 0 Å². The van der Waals surface area contributed by atoms with E-state index in [1.165, 1.54) is 17.8 Å². The number of nitrogens with one attached hydrogen (secondary N) is 1. The van der Waals surface area contributed by atoms with Crippen LogP contribution < -0.4 is 5.32 Å². The lowest BCUT2D eigenvalue weighted by Gasteiger charge is -2.17. The van der Waals surface area contributed by atoms with Crippen LogP contribution in [0.2, 0.25) is 0 Å². The number of hydrogen-bond acceptors (Lipinski definition) is 4. The van der Waals surface area contributed by atoms with E-state index in [0.717, 1.165) is 10.5 Å². The molecule has 1 N–H and O–H groups in total. The third-order valence-electron chi connectivity index (χ3n) is 4.01. The van der Waals surface area contributed by atoms with E-state index in [4.69, 9.17) is 0 Å². The molecule has 3 aromatic carbocycles. The molecule has 0 heterocycles. The molecule has 0 fully saturated rings. The van der Waals surface area contributed by atoms with Crippen LogP contribution in [-0.4, -0.2) is 10.8 Å². The number of anilines is 1. The molecule has 0 saturated heterocycles. The van der Waals surface area contributed by atoms with Gasteiger partial charge in [-0.05, 0) is 30.7 Å². The Morgan fingerprint density at radius 1 is 1.00 bits per heavy atom. The molecule has 0 aliphatic carbocycles. The molecule has 1 amide bonds. The number of rotatable bonds is 6. The van der Waals surface area contributed by atoms with Gasteiger partial charge in [-0.3, -0.25) is 14.9 Å². The van der Waals surface area contributed by atoms with E-state index >= 15 is 0 Å². The lowest BCUT2D eigenvalue weighted by atomic mass is 10.1. The zero-order chi connectivity index (χ0) is 19.2. The Kier molecular flexibility index (Phi) is 5.88. The zero-order valence-corrected chi connectivity index (χ0v) is 15.5. The highest BCUT2D eigenvalue weighted by atomic mass is 32.2. The van der Waals surface area contributed by atoms with Crippen LogP contribution in [0, 0.1) is 17.0 Å². The van der Waals surface area contributed by atoms with Crippen LogP contribution in [0.15, 0.2) is 83.8 Å². The predicted octanol–water partition coefficient (Wildman–Crippen LogP) is 5.38. The maximum absolute atomic E-state index is 13.0. The number of carbonyl (C=O) groups excluding carboxylic acids is 1.